The smallest absolute Gasteiger partial charge is 0.233 e. The first-order chi connectivity index (χ1) is 7.33. The second kappa shape index (κ2) is 7.29. The zero-order chi connectivity index (χ0) is 10.9. The van der Waals surface area contributed by atoms with Gasteiger partial charge < -0.3 is 15.4 Å². The Morgan fingerprint density at radius 1 is 1.60 bits per heavy atom. The van der Waals surface area contributed by atoms with Crippen LogP contribution < -0.4 is 10.6 Å². The molecule has 1 heterocycles. The van der Waals surface area contributed by atoms with Crippen LogP contribution in [-0.2, 0) is 9.53 Å². The van der Waals surface area contributed by atoms with Gasteiger partial charge in [0.15, 0.2) is 0 Å². The van der Waals surface area contributed by atoms with Crippen molar-refractivity contribution >= 4 is 5.91 Å². The normalized spacial score (nSPS) is 19.7. The molecule has 4 nitrogen and oxygen atoms in total. The summed E-state index contributed by atoms with van der Waals surface area (Å²) in [6.45, 7) is 3.91. The molecule has 1 unspecified atom stereocenters. The second-order valence-corrected chi connectivity index (χ2v) is 3.69. The van der Waals surface area contributed by atoms with E-state index in [0.29, 0.717) is 6.54 Å². The van der Waals surface area contributed by atoms with Gasteiger partial charge in [-0.2, -0.15) is 0 Å². The highest BCUT2D eigenvalue weighted by Crippen LogP contribution is 2.08. The fraction of sp³-hybridized carbons (Fsp3) is 0.727. The van der Waals surface area contributed by atoms with Crippen molar-refractivity contribution < 1.29 is 9.53 Å². The van der Waals surface area contributed by atoms with Crippen LogP contribution in [0.2, 0.25) is 0 Å². The van der Waals surface area contributed by atoms with Gasteiger partial charge in [-0.05, 0) is 25.3 Å². The number of nitrogens with one attached hydrogen (secondary N) is 2. The first-order valence-corrected chi connectivity index (χ1v) is 5.60. The van der Waals surface area contributed by atoms with E-state index in [9.17, 15) is 4.79 Å². The largest absolute Gasteiger partial charge is 0.497 e. The molecule has 0 spiro atoms. The Morgan fingerprint density at radius 3 is 3.13 bits per heavy atom. The lowest BCUT2D eigenvalue weighted by Crippen LogP contribution is -2.38. The average molecular weight is 212 g/mol. The van der Waals surface area contributed by atoms with Gasteiger partial charge in [0.2, 0.25) is 5.91 Å². The third-order valence-corrected chi connectivity index (χ3v) is 2.25. The molecule has 4 heteroatoms. The number of hydrogen-bond donors (Lipinski definition) is 2. The van der Waals surface area contributed by atoms with Crippen LogP contribution in [-0.4, -0.2) is 31.6 Å². The second-order valence-electron chi connectivity index (χ2n) is 3.69. The number of amides is 1. The van der Waals surface area contributed by atoms with E-state index < -0.39 is 0 Å². The Labute approximate surface area is 91.1 Å². The van der Waals surface area contributed by atoms with Crippen molar-refractivity contribution in [3.63, 3.8) is 0 Å². The molecule has 0 saturated carbocycles. The number of hydrogen-bond acceptors (Lipinski definition) is 3. The maximum Gasteiger partial charge on any atom is 0.233 e. The van der Waals surface area contributed by atoms with Gasteiger partial charge in [-0.3, -0.25) is 4.79 Å². The number of ether oxygens (including phenoxy) is 1. The van der Waals surface area contributed by atoms with Gasteiger partial charge in [-0.15, -0.1) is 0 Å². The van der Waals surface area contributed by atoms with Crippen molar-refractivity contribution in [1.82, 2.24) is 10.6 Å². The molecule has 0 aliphatic carbocycles. The minimum Gasteiger partial charge on any atom is -0.497 e. The van der Waals surface area contributed by atoms with Crippen molar-refractivity contribution in [3.8, 4) is 0 Å². The maximum atomic E-state index is 11.2. The zero-order valence-electron chi connectivity index (χ0n) is 9.29. The van der Waals surface area contributed by atoms with E-state index in [1.54, 1.807) is 6.26 Å². The van der Waals surface area contributed by atoms with Crippen LogP contribution in [0.4, 0.5) is 0 Å². The van der Waals surface area contributed by atoms with Crippen molar-refractivity contribution in [2.24, 2.45) is 0 Å². The highest BCUT2D eigenvalue weighted by atomic mass is 16.5. The summed E-state index contributed by atoms with van der Waals surface area (Å²) in [7, 11) is 0. The van der Waals surface area contributed by atoms with Crippen LogP contribution in [0.15, 0.2) is 12.3 Å². The van der Waals surface area contributed by atoms with Crippen molar-refractivity contribution in [2.75, 3.05) is 19.6 Å². The third kappa shape index (κ3) is 5.42. The topological polar surface area (TPSA) is 50.4 Å². The van der Waals surface area contributed by atoms with Crippen molar-refractivity contribution in [1.29, 1.82) is 0 Å². The van der Waals surface area contributed by atoms with Crippen LogP contribution in [0.1, 0.15) is 26.2 Å². The van der Waals surface area contributed by atoms with Crippen LogP contribution in [0, 0.1) is 0 Å². The highest BCUT2D eigenvalue weighted by molar-refractivity contribution is 5.77. The average Bonchev–Trinajstić information content (AvgIpc) is 2.28. The van der Waals surface area contributed by atoms with E-state index in [4.69, 9.17) is 4.74 Å². The molecule has 1 aliphatic rings. The van der Waals surface area contributed by atoms with E-state index in [1.807, 2.05) is 13.0 Å². The number of carbonyl (C=O) groups excluding carboxylic acids is 1. The maximum absolute atomic E-state index is 11.2. The Hall–Kier alpha value is -1.03. The molecule has 0 aromatic carbocycles. The molecule has 1 rings (SSSR count). The van der Waals surface area contributed by atoms with Gasteiger partial charge in [0, 0.05) is 13.1 Å². The van der Waals surface area contributed by atoms with Gasteiger partial charge in [0.1, 0.15) is 6.10 Å². The number of carbonyl (C=O) groups is 1. The molecular weight excluding hydrogens is 192 g/mol. The summed E-state index contributed by atoms with van der Waals surface area (Å²) in [6.07, 6.45) is 7.04. The summed E-state index contributed by atoms with van der Waals surface area (Å²) in [5.74, 6) is 0.0585. The van der Waals surface area contributed by atoms with Gasteiger partial charge in [-0.25, -0.2) is 0 Å². The minimum absolute atomic E-state index is 0.0585. The molecule has 0 radical (unpaired) electrons. The molecule has 0 aromatic heterocycles. The summed E-state index contributed by atoms with van der Waals surface area (Å²) in [4.78, 5) is 11.2. The quantitative estimate of drug-likeness (QED) is 0.684. The molecule has 1 aliphatic heterocycles. The molecule has 1 amide bonds. The fourth-order valence-corrected chi connectivity index (χ4v) is 1.41. The third-order valence-electron chi connectivity index (χ3n) is 2.25. The number of allylic oxidation sites excluding steroid dienone is 1. The van der Waals surface area contributed by atoms with Crippen LogP contribution in [0.3, 0.4) is 0 Å². The van der Waals surface area contributed by atoms with Crippen LogP contribution >= 0.6 is 0 Å². The molecule has 15 heavy (non-hydrogen) atoms. The van der Waals surface area contributed by atoms with E-state index in [-0.39, 0.29) is 12.0 Å². The summed E-state index contributed by atoms with van der Waals surface area (Å²) >= 11 is 0. The zero-order valence-corrected chi connectivity index (χ0v) is 9.29. The lowest BCUT2D eigenvalue weighted by molar-refractivity contribution is -0.120. The molecule has 0 fully saturated rings. The fourth-order valence-electron chi connectivity index (χ4n) is 1.41. The summed E-state index contributed by atoms with van der Waals surface area (Å²) < 4.78 is 5.37. The van der Waals surface area contributed by atoms with Crippen LogP contribution in [0.5, 0.6) is 0 Å². The molecular formula is C11H20N2O2. The number of rotatable bonds is 6. The van der Waals surface area contributed by atoms with Crippen molar-refractivity contribution in [3.05, 3.63) is 12.3 Å². The highest BCUT2D eigenvalue weighted by Gasteiger charge is 2.10. The van der Waals surface area contributed by atoms with E-state index >= 15 is 0 Å². The first-order valence-electron chi connectivity index (χ1n) is 5.60. The molecule has 86 valence electrons. The van der Waals surface area contributed by atoms with Gasteiger partial charge in [0.05, 0.1) is 12.8 Å². The van der Waals surface area contributed by atoms with E-state index in [1.165, 1.54) is 0 Å². The van der Waals surface area contributed by atoms with Crippen molar-refractivity contribution in [2.45, 2.75) is 32.3 Å². The lowest BCUT2D eigenvalue weighted by Gasteiger charge is -2.19. The monoisotopic (exact) mass is 212 g/mol. The van der Waals surface area contributed by atoms with Gasteiger partial charge in [-0.1, -0.05) is 6.92 Å². The Bertz CT molecular complexity index is 217. The molecule has 0 bridgehead atoms. The predicted octanol–water partition coefficient (Wildman–Crippen LogP) is 0.795. The lowest BCUT2D eigenvalue weighted by atomic mass is 10.1. The molecule has 1 atom stereocenters. The Balaban J connectivity index is 2.00. The molecule has 2 N–H and O–H groups in total. The molecule has 0 aromatic rings. The van der Waals surface area contributed by atoms with E-state index in [2.05, 4.69) is 10.6 Å². The predicted molar refractivity (Wildman–Crippen MR) is 59.4 cm³/mol. The summed E-state index contributed by atoms with van der Waals surface area (Å²) in [5, 5.41) is 5.91. The minimum atomic E-state index is 0.0585. The molecule has 0 saturated heterocycles. The van der Waals surface area contributed by atoms with Gasteiger partial charge in [0.25, 0.3) is 0 Å². The van der Waals surface area contributed by atoms with E-state index in [0.717, 1.165) is 32.4 Å². The summed E-state index contributed by atoms with van der Waals surface area (Å²) in [6, 6.07) is 0. The first kappa shape index (κ1) is 12.0. The Kier molecular flexibility index (Phi) is 5.85. The van der Waals surface area contributed by atoms with Gasteiger partial charge >= 0.3 is 0 Å². The summed E-state index contributed by atoms with van der Waals surface area (Å²) in [5.41, 5.74) is 0. The standard InChI is InChI=1S/C11H20N2O2/c1-2-6-13-11(14)9-12-8-10-5-3-4-7-15-10/h4,7,10,12H,2-3,5-6,8-9H2,1H3,(H,13,14). The van der Waals surface area contributed by atoms with Crippen LogP contribution in [0.25, 0.3) is 0 Å². The SMILES string of the molecule is CCCNC(=O)CNCC1CCC=CO1. The Morgan fingerprint density at radius 2 is 2.47 bits per heavy atom.